The Morgan fingerprint density at radius 3 is 2.73 bits per heavy atom. The summed E-state index contributed by atoms with van der Waals surface area (Å²) in [5, 5.41) is 9.32. The van der Waals surface area contributed by atoms with Crippen LogP contribution in [0.25, 0.3) is 21.7 Å². The van der Waals surface area contributed by atoms with E-state index in [2.05, 4.69) is 14.9 Å². The molecule has 8 heteroatoms. The number of amides is 1. The zero-order valence-corrected chi connectivity index (χ0v) is 17.4. The number of hydrogen-bond donors (Lipinski definition) is 2. The molecular formula is C22H20N4O3S. The third-order valence-electron chi connectivity index (χ3n) is 5.58. The summed E-state index contributed by atoms with van der Waals surface area (Å²) in [6.07, 6.45) is 0. The van der Waals surface area contributed by atoms with Gasteiger partial charge in [0.1, 0.15) is 0 Å². The Bertz CT molecular complexity index is 1440. The molecule has 0 saturated heterocycles. The molecule has 4 aromatic rings. The van der Waals surface area contributed by atoms with Crippen LogP contribution in [0.5, 0.6) is 0 Å². The Morgan fingerprint density at radius 1 is 1.10 bits per heavy atom. The van der Waals surface area contributed by atoms with Gasteiger partial charge in [0.15, 0.2) is 0 Å². The van der Waals surface area contributed by atoms with Crippen LogP contribution < -0.4 is 9.62 Å². The Hall–Kier alpha value is -3.23. The Kier molecular flexibility index (Phi) is 4.16. The first kappa shape index (κ1) is 18.8. The second kappa shape index (κ2) is 6.65. The number of carbonyl (C=O) groups excluding carboxylic acids is 1. The van der Waals surface area contributed by atoms with Crippen LogP contribution in [0, 0.1) is 6.92 Å². The van der Waals surface area contributed by atoms with Crippen molar-refractivity contribution in [3.05, 3.63) is 65.4 Å². The highest BCUT2D eigenvalue weighted by Gasteiger charge is 2.31. The van der Waals surface area contributed by atoms with Gasteiger partial charge in [-0.15, -0.1) is 0 Å². The van der Waals surface area contributed by atoms with Gasteiger partial charge in [-0.2, -0.15) is 5.10 Å². The quantitative estimate of drug-likeness (QED) is 0.517. The number of aromatic amines is 1. The van der Waals surface area contributed by atoms with Gasteiger partial charge in [-0.1, -0.05) is 23.8 Å². The van der Waals surface area contributed by atoms with Crippen LogP contribution >= 0.6 is 0 Å². The average Bonchev–Trinajstić information content (AvgIpc) is 3.26. The van der Waals surface area contributed by atoms with Crippen LogP contribution in [0.1, 0.15) is 28.5 Å². The third-order valence-corrected chi connectivity index (χ3v) is 7.04. The summed E-state index contributed by atoms with van der Waals surface area (Å²) in [6, 6.07) is 14.4. The van der Waals surface area contributed by atoms with Crippen LogP contribution in [0.4, 0.5) is 5.69 Å². The molecule has 0 unspecified atom stereocenters. The summed E-state index contributed by atoms with van der Waals surface area (Å²) in [7, 11) is -3.82. The molecule has 1 aromatic heterocycles. The van der Waals surface area contributed by atoms with Crippen molar-refractivity contribution in [2.45, 2.75) is 25.3 Å². The van der Waals surface area contributed by atoms with Crippen LogP contribution in [0.15, 0.2) is 53.4 Å². The Morgan fingerprint density at radius 2 is 1.93 bits per heavy atom. The van der Waals surface area contributed by atoms with E-state index in [0.29, 0.717) is 28.6 Å². The molecule has 0 aliphatic carbocycles. The monoisotopic (exact) mass is 420 g/mol. The number of sulfonamides is 1. The van der Waals surface area contributed by atoms with Crippen molar-refractivity contribution in [1.29, 1.82) is 0 Å². The van der Waals surface area contributed by atoms with Gasteiger partial charge >= 0.3 is 0 Å². The van der Waals surface area contributed by atoms with E-state index in [0.717, 1.165) is 22.2 Å². The lowest BCUT2D eigenvalue weighted by molar-refractivity contribution is 0.0994. The molecule has 1 amide bonds. The number of benzene rings is 3. The van der Waals surface area contributed by atoms with Crippen LogP contribution in [-0.2, 0) is 16.6 Å². The van der Waals surface area contributed by atoms with Gasteiger partial charge in [0.05, 0.1) is 28.3 Å². The second-order valence-electron chi connectivity index (χ2n) is 7.40. The number of aryl methyl sites for hydroxylation is 1. The summed E-state index contributed by atoms with van der Waals surface area (Å²) >= 11 is 0. The van der Waals surface area contributed by atoms with E-state index < -0.39 is 10.0 Å². The predicted octanol–water partition coefficient (Wildman–Crippen LogP) is 3.48. The fourth-order valence-electron chi connectivity index (χ4n) is 4.13. The zero-order chi connectivity index (χ0) is 21.0. The van der Waals surface area contributed by atoms with Crippen LogP contribution in [0.2, 0.25) is 0 Å². The van der Waals surface area contributed by atoms with E-state index in [-0.39, 0.29) is 17.3 Å². The fourth-order valence-corrected chi connectivity index (χ4v) is 5.31. The van der Waals surface area contributed by atoms with E-state index >= 15 is 0 Å². The minimum absolute atomic E-state index is 0.0642. The van der Waals surface area contributed by atoms with Crippen molar-refractivity contribution in [2.75, 3.05) is 11.4 Å². The summed E-state index contributed by atoms with van der Waals surface area (Å²) in [6.45, 7) is 4.47. The number of aromatic nitrogens is 2. The molecule has 7 nitrogen and oxygen atoms in total. The fraction of sp³-hybridized carbons (Fsp3) is 0.182. The van der Waals surface area contributed by atoms with Crippen molar-refractivity contribution >= 4 is 43.3 Å². The predicted molar refractivity (Wildman–Crippen MR) is 116 cm³/mol. The number of nitrogens with one attached hydrogen (secondary N) is 2. The molecule has 0 spiro atoms. The molecule has 0 radical (unpaired) electrons. The number of anilines is 1. The molecule has 1 aliphatic heterocycles. The lowest BCUT2D eigenvalue weighted by atomic mass is 10.1. The first-order valence-electron chi connectivity index (χ1n) is 9.71. The standard InChI is InChI=1S/C22H20N4O3S/c1-3-26-19-9-10-20(14-5-4-6-15(21(14)19)22(26)27)30(28,29)23-12-18-16-11-13(2)7-8-17(16)24-25-18/h4-11,23H,3,12H2,1-2H3,(H,24,25). The maximum atomic E-state index is 13.2. The zero-order valence-electron chi connectivity index (χ0n) is 16.6. The van der Waals surface area contributed by atoms with Crippen LogP contribution in [-0.4, -0.2) is 31.1 Å². The van der Waals surface area contributed by atoms with Crippen molar-refractivity contribution in [1.82, 2.24) is 14.9 Å². The molecule has 5 rings (SSSR count). The lowest BCUT2D eigenvalue weighted by Gasteiger charge is -2.15. The average molecular weight is 420 g/mol. The van der Waals surface area contributed by atoms with E-state index in [4.69, 9.17) is 0 Å². The maximum absolute atomic E-state index is 13.2. The van der Waals surface area contributed by atoms with Crippen molar-refractivity contribution < 1.29 is 13.2 Å². The smallest absolute Gasteiger partial charge is 0.258 e. The highest BCUT2D eigenvalue weighted by atomic mass is 32.2. The molecule has 2 heterocycles. The van der Waals surface area contributed by atoms with E-state index in [9.17, 15) is 13.2 Å². The highest BCUT2D eigenvalue weighted by Crippen LogP contribution is 2.39. The number of rotatable bonds is 5. The summed E-state index contributed by atoms with van der Waals surface area (Å²) in [5.41, 5.74) is 3.86. The van der Waals surface area contributed by atoms with E-state index in [1.807, 2.05) is 32.0 Å². The molecule has 0 bridgehead atoms. The molecular weight excluding hydrogens is 400 g/mol. The normalized spacial score (nSPS) is 13.7. The minimum Gasteiger partial charge on any atom is -0.308 e. The van der Waals surface area contributed by atoms with Crippen molar-refractivity contribution in [2.24, 2.45) is 0 Å². The van der Waals surface area contributed by atoms with Crippen LogP contribution in [0.3, 0.4) is 0 Å². The number of hydrogen-bond acceptors (Lipinski definition) is 4. The summed E-state index contributed by atoms with van der Waals surface area (Å²) < 4.78 is 29.0. The van der Waals surface area contributed by atoms with Crippen molar-refractivity contribution in [3.63, 3.8) is 0 Å². The largest absolute Gasteiger partial charge is 0.308 e. The molecule has 0 fully saturated rings. The van der Waals surface area contributed by atoms with Gasteiger partial charge in [0.25, 0.3) is 5.91 Å². The van der Waals surface area contributed by atoms with Gasteiger partial charge in [-0.25, -0.2) is 13.1 Å². The SMILES string of the molecule is CCN1C(=O)c2cccc3c(S(=O)(=O)NCc4n[nH]c5ccc(C)cc45)ccc1c23. The first-order chi connectivity index (χ1) is 14.4. The lowest BCUT2D eigenvalue weighted by Crippen LogP contribution is -2.26. The molecule has 152 valence electrons. The number of carbonyl (C=O) groups is 1. The molecule has 2 N–H and O–H groups in total. The Labute approximate surface area is 173 Å². The van der Waals surface area contributed by atoms with Gasteiger partial charge in [0, 0.05) is 28.3 Å². The van der Waals surface area contributed by atoms with E-state index in [1.165, 1.54) is 0 Å². The number of fused-ring (bicyclic) bond motifs is 1. The summed E-state index contributed by atoms with van der Waals surface area (Å²) in [5.74, 6) is -0.0982. The molecule has 1 aliphatic rings. The van der Waals surface area contributed by atoms with Gasteiger partial charge in [0.2, 0.25) is 10.0 Å². The summed E-state index contributed by atoms with van der Waals surface area (Å²) in [4.78, 5) is 14.5. The number of nitrogens with zero attached hydrogens (tertiary/aromatic N) is 2. The Balaban J connectivity index is 1.55. The third kappa shape index (κ3) is 2.72. The topological polar surface area (TPSA) is 95.2 Å². The molecule has 0 saturated carbocycles. The van der Waals surface area contributed by atoms with E-state index in [1.54, 1.807) is 35.2 Å². The second-order valence-corrected chi connectivity index (χ2v) is 9.14. The first-order valence-corrected chi connectivity index (χ1v) is 11.2. The maximum Gasteiger partial charge on any atom is 0.258 e. The van der Waals surface area contributed by atoms with Gasteiger partial charge in [-0.3, -0.25) is 9.89 Å². The molecule has 0 atom stereocenters. The van der Waals surface area contributed by atoms with Gasteiger partial charge < -0.3 is 4.90 Å². The minimum atomic E-state index is -3.82. The van der Waals surface area contributed by atoms with Gasteiger partial charge in [-0.05, 0) is 44.2 Å². The number of H-pyrrole nitrogens is 1. The molecule has 3 aromatic carbocycles. The highest BCUT2D eigenvalue weighted by molar-refractivity contribution is 7.89. The molecule has 30 heavy (non-hydrogen) atoms. The van der Waals surface area contributed by atoms with Crippen molar-refractivity contribution in [3.8, 4) is 0 Å².